The molecule has 0 aliphatic carbocycles. The Morgan fingerprint density at radius 2 is 1.62 bits per heavy atom. The highest BCUT2D eigenvalue weighted by atomic mass is 127. The Kier molecular flexibility index (Phi) is 11.9. The van der Waals surface area contributed by atoms with Gasteiger partial charge in [-0.2, -0.15) is 0 Å². The number of hydrogen-bond acceptors (Lipinski definition) is 12. The molecule has 12 N–H and O–H groups in total. The van der Waals surface area contributed by atoms with Gasteiger partial charge < -0.3 is 57.5 Å². The number of halogens is 1. The summed E-state index contributed by atoms with van der Waals surface area (Å²) in [6, 6.07) is -4.38. The van der Waals surface area contributed by atoms with Crippen LogP contribution in [0, 0.1) is 0 Å². The Hall–Kier alpha value is -4.19. The fourth-order valence-corrected chi connectivity index (χ4v) is 7.70. The van der Waals surface area contributed by atoms with Crippen LogP contribution in [0.5, 0.6) is 0 Å². The number of urea groups is 1. The van der Waals surface area contributed by atoms with Crippen LogP contribution in [0.15, 0.2) is 23.2 Å². The van der Waals surface area contributed by atoms with E-state index in [1.54, 1.807) is 18.2 Å². The number of rotatable bonds is 3. The van der Waals surface area contributed by atoms with Gasteiger partial charge in [0.15, 0.2) is 0 Å². The van der Waals surface area contributed by atoms with E-state index in [9.17, 15) is 48.9 Å². The zero-order valence-corrected chi connectivity index (χ0v) is 31.0. The molecule has 19 nitrogen and oxygen atoms in total. The summed E-state index contributed by atoms with van der Waals surface area (Å²) in [6.45, 7) is 1.54. The summed E-state index contributed by atoms with van der Waals surface area (Å²) in [4.78, 5) is 99.5. The summed E-state index contributed by atoms with van der Waals surface area (Å²) in [5, 5.41) is 46.6. The van der Waals surface area contributed by atoms with E-state index in [1.165, 1.54) is 36.4 Å². The molecule has 1 aromatic carbocycles. The molecule has 52 heavy (non-hydrogen) atoms. The minimum atomic E-state index is -1.91. The molecule has 1 saturated heterocycles. The van der Waals surface area contributed by atoms with Crippen LogP contribution in [-0.2, 0) is 35.2 Å². The molecule has 282 valence electrons. The number of aliphatic hydroxyl groups excluding tert-OH is 2. The highest BCUT2D eigenvalue weighted by molar-refractivity contribution is 14.1. The Morgan fingerprint density at radius 3 is 2.33 bits per heavy atom. The number of alkyl halides is 1. The molecule has 5 rings (SSSR count). The highest BCUT2D eigenvalue weighted by Gasteiger charge is 2.43. The van der Waals surface area contributed by atoms with Gasteiger partial charge in [0.05, 0.1) is 17.7 Å². The molecule has 3 aliphatic heterocycles. The van der Waals surface area contributed by atoms with Gasteiger partial charge in [-0.05, 0) is 60.2 Å². The standard InChI is InChI=1S/C31H40IN9O10S/c1-12-23(44)36-19-7-17-16-5-14(33)3-4-18(16)38-28(17)52-10-21(29(49)41-9-15(43)6-22(41)27(48)35-12)39-30(50)40-24(45)13(2)34-26(47)20(37-25(19)46)8-31(32,51)11-42/h3-5,12-13,15,19-22,38,42-43,51H,6-11,33H2,1-2H3,(H,34,47)(H,35,48)(H,36,44)(H,37,46)(H2,39,40,45,50)/t12-,13-,15+,19-,20-,21+,22-,31+/m0/s1. The minimum absolute atomic E-state index is 0.162. The first-order chi connectivity index (χ1) is 24.5. The maximum atomic E-state index is 14.1. The van der Waals surface area contributed by atoms with Crippen LogP contribution >= 0.6 is 34.4 Å². The van der Waals surface area contributed by atoms with Crippen molar-refractivity contribution in [3.05, 3.63) is 23.8 Å². The zero-order valence-electron chi connectivity index (χ0n) is 28.0. The number of H-pyrrole nitrogens is 1. The predicted molar refractivity (Wildman–Crippen MR) is 193 cm³/mol. The van der Waals surface area contributed by atoms with Crippen LogP contribution in [0.3, 0.4) is 0 Å². The SMILES string of the molecule is C[C@@H]1NC(=O)[C@H](C[C@](O)(I)CO)NC(=O)[C@@H]2Cc3c([nH]c4ccc(N)cc34)SC[C@@H](NC(=O)NC1=O)C(=O)N1C[C@H](O)C[C@H]1C(=O)N[C@@H](C)C(=O)N2. The van der Waals surface area contributed by atoms with Gasteiger partial charge in [-0.1, -0.05) is 0 Å². The van der Waals surface area contributed by atoms with Crippen LogP contribution < -0.4 is 37.6 Å². The molecule has 0 unspecified atom stereocenters. The first-order valence-electron chi connectivity index (χ1n) is 16.3. The number of nitrogens with two attached hydrogens (primary N) is 1. The molecule has 21 heteroatoms. The summed E-state index contributed by atoms with van der Waals surface area (Å²) in [7, 11) is 0. The average Bonchev–Trinajstić information content (AvgIpc) is 3.63. The van der Waals surface area contributed by atoms with E-state index >= 15 is 0 Å². The van der Waals surface area contributed by atoms with Crippen LogP contribution in [0.2, 0.25) is 0 Å². The normalized spacial score (nSPS) is 29.5. The van der Waals surface area contributed by atoms with Crippen molar-refractivity contribution in [3.63, 3.8) is 0 Å². The summed E-state index contributed by atoms with van der Waals surface area (Å²) in [6.07, 6.45) is -2.02. The average molecular weight is 858 g/mol. The van der Waals surface area contributed by atoms with Gasteiger partial charge in [0.1, 0.15) is 39.9 Å². The molecule has 2 bridgehead atoms. The minimum Gasteiger partial charge on any atom is -0.399 e. The van der Waals surface area contributed by atoms with Gasteiger partial charge in [0, 0.05) is 48.2 Å². The van der Waals surface area contributed by atoms with E-state index in [1.807, 2.05) is 0 Å². The largest absolute Gasteiger partial charge is 0.399 e. The number of nitrogen functional groups attached to an aromatic ring is 1. The number of carbonyl (C=O) groups is 7. The van der Waals surface area contributed by atoms with Crippen molar-refractivity contribution in [2.24, 2.45) is 0 Å². The second-order valence-electron chi connectivity index (χ2n) is 13.0. The summed E-state index contributed by atoms with van der Waals surface area (Å²) in [5.41, 5.74) is 7.56. The third-order valence-corrected chi connectivity index (χ3v) is 10.8. The number of aliphatic hydroxyl groups is 3. The van der Waals surface area contributed by atoms with Gasteiger partial charge >= 0.3 is 6.03 Å². The quantitative estimate of drug-likeness (QED) is 0.0840. The Balaban J connectivity index is 1.67. The highest BCUT2D eigenvalue weighted by Crippen LogP contribution is 2.33. The number of imide groups is 1. The summed E-state index contributed by atoms with van der Waals surface area (Å²) in [5.74, 6) is -5.36. The van der Waals surface area contributed by atoms with Crippen molar-refractivity contribution in [1.29, 1.82) is 0 Å². The van der Waals surface area contributed by atoms with Crippen molar-refractivity contribution in [3.8, 4) is 0 Å². The first kappa shape index (κ1) is 39.0. The zero-order chi connectivity index (χ0) is 38.1. The fourth-order valence-electron chi connectivity index (χ4n) is 6.15. The number of nitrogens with one attached hydrogen (secondary N) is 7. The molecule has 8 atom stereocenters. The lowest BCUT2D eigenvalue weighted by molar-refractivity contribution is -0.140. The third kappa shape index (κ3) is 8.87. The van der Waals surface area contributed by atoms with Crippen molar-refractivity contribution in [2.75, 3.05) is 24.6 Å². The maximum Gasteiger partial charge on any atom is 0.322 e. The van der Waals surface area contributed by atoms with Gasteiger partial charge in [0.2, 0.25) is 35.4 Å². The van der Waals surface area contributed by atoms with E-state index in [4.69, 9.17) is 5.73 Å². The van der Waals surface area contributed by atoms with E-state index in [0.29, 0.717) is 27.2 Å². The lowest BCUT2D eigenvalue weighted by Gasteiger charge is -2.30. The number of fused-ring (bicyclic) bond motifs is 5. The van der Waals surface area contributed by atoms with Crippen LogP contribution in [0.4, 0.5) is 10.5 Å². The number of anilines is 1. The van der Waals surface area contributed by atoms with Crippen molar-refractivity contribution >= 4 is 92.4 Å². The monoisotopic (exact) mass is 857 g/mol. The van der Waals surface area contributed by atoms with Crippen molar-refractivity contribution in [2.45, 2.75) is 84.1 Å². The molecular weight excluding hydrogens is 817 g/mol. The van der Waals surface area contributed by atoms with Gasteiger partial charge in [0.25, 0.3) is 0 Å². The smallest absolute Gasteiger partial charge is 0.322 e. The maximum absolute atomic E-state index is 14.1. The predicted octanol–water partition coefficient (Wildman–Crippen LogP) is -2.95. The number of aromatic amines is 1. The van der Waals surface area contributed by atoms with Crippen LogP contribution in [-0.4, -0.2) is 132 Å². The van der Waals surface area contributed by atoms with Crippen LogP contribution in [0.1, 0.15) is 32.3 Å². The molecule has 4 heterocycles. The molecule has 0 radical (unpaired) electrons. The second kappa shape index (κ2) is 15.8. The molecule has 1 aromatic heterocycles. The molecule has 2 aromatic rings. The van der Waals surface area contributed by atoms with Gasteiger partial charge in [-0.3, -0.25) is 34.1 Å². The molecule has 3 aliphatic rings. The number of hydrogen-bond donors (Lipinski definition) is 11. The third-order valence-electron chi connectivity index (χ3n) is 8.93. The van der Waals surface area contributed by atoms with Crippen molar-refractivity contribution in [1.82, 2.24) is 41.8 Å². The van der Waals surface area contributed by atoms with E-state index in [-0.39, 0.29) is 25.1 Å². The van der Waals surface area contributed by atoms with Crippen molar-refractivity contribution < 1.29 is 48.9 Å². The lowest BCUT2D eigenvalue weighted by atomic mass is 10.0. The Morgan fingerprint density at radius 1 is 0.923 bits per heavy atom. The molecule has 0 spiro atoms. The lowest BCUT2D eigenvalue weighted by Crippen LogP contribution is -2.61. The fraction of sp³-hybridized carbons (Fsp3) is 0.516. The first-order valence-corrected chi connectivity index (χ1v) is 18.4. The molecular formula is C31H40IN9O10S. The summed E-state index contributed by atoms with van der Waals surface area (Å²) >= 11 is 2.57. The number of amides is 8. The Labute approximate surface area is 314 Å². The van der Waals surface area contributed by atoms with Crippen LogP contribution in [0.25, 0.3) is 10.9 Å². The molecule has 0 saturated carbocycles. The van der Waals surface area contributed by atoms with E-state index in [2.05, 4.69) is 36.9 Å². The summed E-state index contributed by atoms with van der Waals surface area (Å²) < 4.78 is -1.91. The number of benzene rings is 1. The Bertz CT molecular complexity index is 1790. The van der Waals surface area contributed by atoms with E-state index < -0.39 is 100 Å². The number of carbonyl (C=O) groups excluding carboxylic acids is 7. The second-order valence-corrected chi connectivity index (χ2v) is 16.1. The number of thioether (sulfide) groups is 1. The van der Waals surface area contributed by atoms with Gasteiger partial charge in [-0.15, -0.1) is 11.8 Å². The molecule has 8 amide bonds. The topological polar surface area (TPSA) is 297 Å². The number of nitrogens with zero attached hydrogens (tertiary/aromatic N) is 1. The molecule has 1 fully saturated rings. The number of aromatic nitrogens is 1. The van der Waals surface area contributed by atoms with E-state index in [0.717, 1.165) is 16.7 Å². The van der Waals surface area contributed by atoms with Gasteiger partial charge in [-0.25, -0.2) is 4.79 Å².